The van der Waals surface area contributed by atoms with Crippen LogP contribution < -0.4 is 5.32 Å². The minimum absolute atomic E-state index is 0.0580. The number of rotatable bonds is 6. The third-order valence-corrected chi connectivity index (χ3v) is 3.42. The number of hydrogen-bond donors (Lipinski definition) is 2. The fraction of sp³-hybridized carbons (Fsp3) is 0.333. The summed E-state index contributed by atoms with van der Waals surface area (Å²) >= 11 is 3.04. The van der Waals surface area contributed by atoms with E-state index >= 15 is 0 Å². The first-order valence-electron chi connectivity index (χ1n) is 5.78. The van der Waals surface area contributed by atoms with Crippen molar-refractivity contribution in [3.8, 4) is 0 Å². The first-order chi connectivity index (χ1) is 9.32. The van der Waals surface area contributed by atoms with E-state index < -0.39 is 16.8 Å². The Morgan fingerprint density at radius 2 is 2.15 bits per heavy atom. The summed E-state index contributed by atoms with van der Waals surface area (Å²) < 4.78 is 0.105. The zero-order chi connectivity index (χ0) is 15.3. The number of carbonyl (C=O) groups excluding carboxylic acids is 1. The fourth-order valence-electron chi connectivity index (χ4n) is 1.55. The number of carboxylic acids is 1. The van der Waals surface area contributed by atoms with Gasteiger partial charge in [0.1, 0.15) is 4.47 Å². The monoisotopic (exact) mass is 344 g/mol. The van der Waals surface area contributed by atoms with Gasteiger partial charge in [0, 0.05) is 18.5 Å². The first-order valence-corrected chi connectivity index (χ1v) is 6.57. The molecule has 0 radical (unpaired) electrons. The van der Waals surface area contributed by atoms with Crippen LogP contribution in [0.25, 0.3) is 0 Å². The molecule has 0 aromatic heterocycles. The van der Waals surface area contributed by atoms with Crippen molar-refractivity contribution in [2.24, 2.45) is 0 Å². The fourth-order valence-corrected chi connectivity index (χ4v) is 2.14. The first kappa shape index (κ1) is 16.1. The van der Waals surface area contributed by atoms with Gasteiger partial charge in [-0.15, -0.1) is 0 Å². The second-order valence-electron chi connectivity index (χ2n) is 4.20. The van der Waals surface area contributed by atoms with Crippen LogP contribution in [0.3, 0.4) is 0 Å². The number of aliphatic carboxylic acids is 1. The van der Waals surface area contributed by atoms with Crippen LogP contribution >= 0.6 is 15.9 Å². The van der Waals surface area contributed by atoms with Crippen LogP contribution in [0.15, 0.2) is 22.7 Å². The molecule has 7 nitrogen and oxygen atoms in total. The summed E-state index contributed by atoms with van der Waals surface area (Å²) in [6, 6.07) is 3.81. The standard InChI is InChI=1S/C12H13BrN2O5/c1-7(5-6-10(16)17)14-12(18)8-3-2-4-9(11(8)13)15(19)20/h2-4,7H,5-6H2,1H3,(H,14,18)(H,16,17). The molecular weight excluding hydrogens is 332 g/mol. The Balaban J connectivity index is 2.80. The second-order valence-corrected chi connectivity index (χ2v) is 5.00. The van der Waals surface area contributed by atoms with Crippen LogP contribution in [-0.4, -0.2) is 27.9 Å². The van der Waals surface area contributed by atoms with Crippen LogP contribution in [0.2, 0.25) is 0 Å². The van der Waals surface area contributed by atoms with Crippen LogP contribution in [0.5, 0.6) is 0 Å². The van der Waals surface area contributed by atoms with Crippen LogP contribution in [0.1, 0.15) is 30.1 Å². The predicted octanol–water partition coefficient (Wildman–Crippen LogP) is 2.34. The van der Waals surface area contributed by atoms with E-state index in [0.29, 0.717) is 0 Å². The van der Waals surface area contributed by atoms with Gasteiger partial charge >= 0.3 is 5.97 Å². The molecule has 1 rings (SSSR count). The van der Waals surface area contributed by atoms with Crippen LogP contribution in [-0.2, 0) is 4.79 Å². The number of nitro benzene ring substituents is 1. The summed E-state index contributed by atoms with van der Waals surface area (Å²) in [6.45, 7) is 1.67. The van der Waals surface area contributed by atoms with Crippen molar-refractivity contribution in [1.82, 2.24) is 5.32 Å². The molecule has 0 spiro atoms. The van der Waals surface area contributed by atoms with Crippen LogP contribution in [0, 0.1) is 10.1 Å². The van der Waals surface area contributed by atoms with Gasteiger partial charge in [0.25, 0.3) is 11.6 Å². The number of amides is 1. The summed E-state index contributed by atoms with van der Waals surface area (Å²) in [5.74, 6) is -1.43. The van der Waals surface area contributed by atoms with E-state index in [-0.39, 0.29) is 34.6 Å². The third kappa shape index (κ3) is 4.30. The van der Waals surface area contributed by atoms with Gasteiger partial charge in [-0.3, -0.25) is 19.7 Å². The smallest absolute Gasteiger partial charge is 0.303 e. The van der Waals surface area contributed by atoms with Gasteiger partial charge in [-0.1, -0.05) is 6.07 Å². The third-order valence-electron chi connectivity index (χ3n) is 2.59. The number of nitro groups is 1. The van der Waals surface area contributed by atoms with E-state index in [1.807, 2.05) is 0 Å². The van der Waals surface area contributed by atoms with Gasteiger partial charge in [0.2, 0.25) is 0 Å². The SMILES string of the molecule is CC(CCC(=O)O)NC(=O)c1cccc([N+](=O)[O-])c1Br. The number of carbonyl (C=O) groups is 2. The zero-order valence-corrected chi connectivity index (χ0v) is 12.2. The molecule has 20 heavy (non-hydrogen) atoms. The van der Waals surface area contributed by atoms with Crippen molar-refractivity contribution in [3.05, 3.63) is 38.3 Å². The Morgan fingerprint density at radius 3 is 2.70 bits per heavy atom. The van der Waals surface area contributed by atoms with Crippen molar-refractivity contribution in [2.75, 3.05) is 0 Å². The normalized spacial score (nSPS) is 11.7. The van der Waals surface area contributed by atoms with Crippen molar-refractivity contribution in [1.29, 1.82) is 0 Å². The molecule has 1 amide bonds. The molecule has 2 N–H and O–H groups in total. The maximum absolute atomic E-state index is 12.0. The number of carboxylic acid groups (broad SMARTS) is 1. The molecular formula is C12H13BrN2O5. The van der Waals surface area contributed by atoms with Crippen molar-refractivity contribution in [3.63, 3.8) is 0 Å². The molecule has 0 saturated heterocycles. The van der Waals surface area contributed by atoms with Gasteiger partial charge in [-0.25, -0.2) is 0 Å². The van der Waals surface area contributed by atoms with Crippen LogP contribution in [0.4, 0.5) is 5.69 Å². The molecule has 1 aromatic rings. The Bertz CT molecular complexity index is 547. The Hall–Kier alpha value is -1.96. The number of halogens is 1. The highest BCUT2D eigenvalue weighted by Gasteiger charge is 2.20. The molecule has 0 aliphatic carbocycles. The highest BCUT2D eigenvalue weighted by atomic mass is 79.9. The molecule has 0 aliphatic rings. The summed E-state index contributed by atoms with van der Waals surface area (Å²) in [7, 11) is 0. The minimum atomic E-state index is -0.942. The quantitative estimate of drug-likeness (QED) is 0.607. The van der Waals surface area contributed by atoms with Gasteiger partial charge < -0.3 is 10.4 Å². The summed E-state index contributed by atoms with van der Waals surface area (Å²) in [5, 5.41) is 21.9. The van der Waals surface area contributed by atoms with Crippen molar-refractivity contribution in [2.45, 2.75) is 25.8 Å². The van der Waals surface area contributed by atoms with E-state index in [4.69, 9.17) is 5.11 Å². The average molecular weight is 345 g/mol. The number of benzene rings is 1. The molecule has 8 heteroatoms. The predicted molar refractivity (Wildman–Crippen MR) is 74.6 cm³/mol. The lowest BCUT2D eigenvalue weighted by Crippen LogP contribution is -2.33. The average Bonchev–Trinajstić information content (AvgIpc) is 2.36. The largest absolute Gasteiger partial charge is 0.481 e. The molecule has 0 bridgehead atoms. The van der Waals surface area contributed by atoms with Crippen molar-refractivity contribution < 1.29 is 19.6 Å². The molecule has 0 heterocycles. The molecule has 1 aromatic carbocycles. The summed E-state index contributed by atoms with van der Waals surface area (Å²) in [5.41, 5.74) is -0.0581. The lowest BCUT2D eigenvalue weighted by molar-refractivity contribution is -0.385. The summed E-state index contributed by atoms with van der Waals surface area (Å²) in [4.78, 5) is 32.6. The maximum Gasteiger partial charge on any atom is 0.303 e. The van der Waals surface area contributed by atoms with Gasteiger partial charge in [0.05, 0.1) is 10.5 Å². The number of nitrogens with zero attached hydrogens (tertiary/aromatic N) is 1. The van der Waals surface area contributed by atoms with Crippen molar-refractivity contribution >= 4 is 33.5 Å². The lowest BCUT2D eigenvalue weighted by Gasteiger charge is -2.13. The number of nitrogens with one attached hydrogen (secondary N) is 1. The van der Waals surface area contributed by atoms with Gasteiger partial charge in [-0.2, -0.15) is 0 Å². The molecule has 0 saturated carbocycles. The second kappa shape index (κ2) is 6.99. The lowest BCUT2D eigenvalue weighted by atomic mass is 10.1. The molecule has 1 atom stereocenters. The summed E-state index contributed by atoms with van der Waals surface area (Å²) in [6.07, 6.45) is 0.227. The Kier molecular flexibility index (Phi) is 5.63. The molecule has 0 fully saturated rings. The molecule has 1 unspecified atom stereocenters. The van der Waals surface area contributed by atoms with E-state index in [0.717, 1.165) is 0 Å². The van der Waals surface area contributed by atoms with Gasteiger partial charge in [0.15, 0.2) is 0 Å². The number of hydrogen-bond acceptors (Lipinski definition) is 4. The Labute approximate surface area is 123 Å². The van der Waals surface area contributed by atoms with E-state index in [2.05, 4.69) is 21.2 Å². The highest BCUT2D eigenvalue weighted by Crippen LogP contribution is 2.28. The van der Waals surface area contributed by atoms with Gasteiger partial charge in [-0.05, 0) is 35.3 Å². The topological polar surface area (TPSA) is 110 Å². The zero-order valence-electron chi connectivity index (χ0n) is 10.6. The minimum Gasteiger partial charge on any atom is -0.481 e. The maximum atomic E-state index is 12.0. The van der Waals surface area contributed by atoms with E-state index in [1.165, 1.54) is 18.2 Å². The van der Waals surface area contributed by atoms with E-state index in [9.17, 15) is 19.7 Å². The molecule has 0 aliphatic heterocycles. The van der Waals surface area contributed by atoms with E-state index in [1.54, 1.807) is 6.92 Å². The Morgan fingerprint density at radius 1 is 1.50 bits per heavy atom. The molecule has 108 valence electrons. The highest BCUT2D eigenvalue weighted by molar-refractivity contribution is 9.10.